The van der Waals surface area contributed by atoms with Gasteiger partial charge in [-0.3, -0.25) is 4.90 Å². The molecule has 0 unspecified atom stereocenters. The lowest BCUT2D eigenvalue weighted by Crippen LogP contribution is -2.17. The van der Waals surface area contributed by atoms with Gasteiger partial charge in [0.25, 0.3) is 0 Å². The fourth-order valence-electron chi connectivity index (χ4n) is 2.45. The van der Waals surface area contributed by atoms with Crippen molar-refractivity contribution in [3.63, 3.8) is 0 Å². The Balaban J connectivity index is 1.79. The average molecular weight is 263 g/mol. The molecule has 0 spiro atoms. The zero-order valence-corrected chi connectivity index (χ0v) is 10.5. The Bertz CT molecular complexity index is 554. The van der Waals surface area contributed by atoms with Crippen molar-refractivity contribution in [3.8, 4) is 5.69 Å². The minimum atomic E-state index is -0.591. The topological polar surface area (TPSA) is 21.1 Å². The van der Waals surface area contributed by atoms with Crippen LogP contribution in [-0.2, 0) is 6.54 Å². The second-order valence-corrected chi connectivity index (χ2v) is 4.90. The first-order valence-electron chi connectivity index (χ1n) is 6.43. The lowest BCUT2D eigenvalue weighted by molar-refractivity contribution is 0.331. The molecule has 1 saturated heterocycles. The van der Waals surface area contributed by atoms with E-state index in [2.05, 4.69) is 10.00 Å². The van der Waals surface area contributed by atoms with Gasteiger partial charge in [0.05, 0.1) is 11.9 Å². The molecule has 1 aliphatic rings. The normalized spacial score (nSPS) is 16.1. The number of aromatic nitrogens is 2. The van der Waals surface area contributed by atoms with Crippen LogP contribution in [-0.4, -0.2) is 27.8 Å². The maximum atomic E-state index is 13.2. The van der Waals surface area contributed by atoms with Gasteiger partial charge in [-0.2, -0.15) is 5.10 Å². The summed E-state index contributed by atoms with van der Waals surface area (Å²) in [6.07, 6.45) is 6.06. The van der Waals surface area contributed by atoms with E-state index in [0.29, 0.717) is 5.69 Å². The Morgan fingerprint density at radius 3 is 2.42 bits per heavy atom. The van der Waals surface area contributed by atoms with Gasteiger partial charge in [-0.15, -0.1) is 0 Å². The molecule has 0 radical (unpaired) electrons. The summed E-state index contributed by atoms with van der Waals surface area (Å²) in [6, 6.07) is 3.41. The van der Waals surface area contributed by atoms with E-state index in [-0.39, 0.29) is 0 Å². The Morgan fingerprint density at radius 1 is 1.05 bits per heavy atom. The van der Waals surface area contributed by atoms with E-state index < -0.39 is 11.6 Å². The van der Waals surface area contributed by atoms with Crippen molar-refractivity contribution >= 4 is 0 Å². The molecule has 2 aromatic rings. The van der Waals surface area contributed by atoms with Gasteiger partial charge >= 0.3 is 0 Å². The number of nitrogens with zero attached hydrogens (tertiary/aromatic N) is 3. The van der Waals surface area contributed by atoms with Gasteiger partial charge in [0.15, 0.2) is 0 Å². The van der Waals surface area contributed by atoms with Gasteiger partial charge in [0.2, 0.25) is 0 Å². The molecule has 0 aliphatic carbocycles. The summed E-state index contributed by atoms with van der Waals surface area (Å²) in [4.78, 5) is 2.35. The van der Waals surface area contributed by atoms with Crippen LogP contribution < -0.4 is 0 Å². The van der Waals surface area contributed by atoms with Crippen LogP contribution in [0.3, 0.4) is 0 Å². The number of hydrogen-bond acceptors (Lipinski definition) is 2. The summed E-state index contributed by atoms with van der Waals surface area (Å²) in [7, 11) is 0. The first-order chi connectivity index (χ1) is 9.20. The van der Waals surface area contributed by atoms with Gasteiger partial charge in [-0.1, -0.05) is 0 Å². The number of benzene rings is 1. The first kappa shape index (κ1) is 12.3. The fraction of sp³-hybridized carbons (Fsp3) is 0.357. The lowest BCUT2D eigenvalue weighted by atomic mass is 10.3. The van der Waals surface area contributed by atoms with Crippen molar-refractivity contribution < 1.29 is 8.78 Å². The van der Waals surface area contributed by atoms with E-state index >= 15 is 0 Å². The molecular formula is C14H15F2N3. The van der Waals surface area contributed by atoms with Crippen molar-refractivity contribution in [1.29, 1.82) is 0 Å². The monoisotopic (exact) mass is 263 g/mol. The zero-order valence-electron chi connectivity index (χ0n) is 10.5. The van der Waals surface area contributed by atoms with Crippen LogP contribution in [0.2, 0.25) is 0 Å². The maximum Gasteiger partial charge on any atom is 0.128 e. The molecule has 3 rings (SSSR count). The molecule has 0 amide bonds. The third-order valence-corrected chi connectivity index (χ3v) is 3.35. The van der Waals surface area contributed by atoms with E-state index in [9.17, 15) is 8.78 Å². The smallest absolute Gasteiger partial charge is 0.128 e. The van der Waals surface area contributed by atoms with E-state index in [1.165, 1.54) is 29.7 Å². The van der Waals surface area contributed by atoms with E-state index in [1.807, 2.05) is 6.20 Å². The highest BCUT2D eigenvalue weighted by Crippen LogP contribution is 2.15. The van der Waals surface area contributed by atoms with Crippen LogP contribution in [0, 0.1) is 11.6 Å². The van der Waals surface area contributed by atoms with E-state index in [4.69, 9.17) is 0 Å². The van der Waals surface area contributed by atoms with E-state index in [0.717, 1.165) is 31.3 Å². The predicted octanol–water partition coefficient (Wildman–Crippen LogP) is 2.75. The summed E-state index contributed by atoms with van der Waals surface area (Å²) in [5.41, 5.74) is 1.47. The molecule has 0 atom stereocenters. The highest BCUT2D eigenvalue weighted by molar-refractivity contribution is 5.32. The number of likely N-dealkylation sites (tertiary alicyclic amines) is 1. The van der Waals surface area contributed by atoms with Crippen molar-refractivity contribution in [2.45, 2.75) is 19.4 Å². The molecular weight excluding hydrogens is 248 g/mol. The van der Waals surface area contributed by atoms with Gasteiger partial charge in [0, 0.05) is 24.4 Å². The van der Waals surface area contributed by atoms with Crippen molar-refractivity contribution in [2.24, 2.45) is 0 Å². The van der Waals surface area contributed by atoms with Crippen LogP contribution in [0.25, 0.3) is 5.69 Å². The summed E-state index contributed by atoms with van der Waals surface area (Å²) in [5, 5.41) is 4.17. The molecule has 1 aromatic carbocycles. The quantitative estimate of drug-likeness (QED) is 0.849. The molecule has 0 bridgehead atoms. The van der Waals surface area contributed by atoms with Crippen LogP contribution >= 0.6 is 0 Å². The summed E-state index contributed by atoms with van der Waals surface area (Å²) < 4.78 is 27.8. The second-order valence-electron chi connectivity index (χ2n) is 4.90. The van der Waals surface area contributed by atoms with Crippen LogP contribution in [0.15, 0.2) is 30.6 Å². The molecule has 3 nitrogen and oxygen atoms in total. The van der Waals surface area contributed by atoms with Gasteiger partial charge in [0.1, 0.15) is 11.6 Å². The van der Waals surface area contributed by atoms with Crippen LogP contribution in [0.4, 0.5) is 8.78 Å². The molecule has 100 valence electrons. The molecule has 1 aliphatic heterocycles. The minimum Gasteiger partial charge on any atom is -0.299 e. The zero-order chi connectivity index (χ0) is 13.2. The SMILES string of the molecule is Fc1cc(F)cc(-n2cc(CN3CCCC3)cn2)c1. The van der Waals surface area contributed by atoms with E-state index in [1.54, 1.807) is 6.20 Å². The second kappa shape index (κ2) is 5.09. The Kier molecular flexibility index (Phi) is 3.29. The molecule has 0 N–H and O–H groups in total. The summed E-state index contributed by atoms with van der Waals surface area (Å²) >= 11 is 0. The van der Waals surface area contributed by atoms with Gasteiger partial charge < -0.3 is 0 Å². The number of halogens is 2. The number of rotatable bonds is 3. The first-order valence-corrected chi connectivity index (χ1v) is 6.43. The number of hydrogen-bond donors (Lipinski definition) is 0. The maximum absolute atomic E-state index is 13.2. The van der Waals surface area contributed by atoms with Crippen molar-refractivity contribution in [2.75, 3.05) is 13.1 Å². The molecule has 2 heterocycles. The highest BCUT2D eigenvalue weighted by Gasteiger charge is 2.13. The fourth-order valence-corrected chi connectivity index (χ4v) is 2.45. The van der Waals surface area contributed by atoms with Gasteiger partial charge in [-0.05, 0) is 38.1 Å². The molecule has 19 heavy (non-hydrogen) atoms. The Hall–Kier alpha value is -1.75. The van der Waals surface area contributed by atoms with Crippen LogP contribution in [0.5, 0.6) is 0 Å². The third-order valence-electron chi connectivity index (χ3n) is 3.35. The molecule has 0 saturated carbocycles. The van der Waals surface area contributed by atoms with Crippen LogP contribution in [0.1, 0.15) is 18.4 Å². The minimum absolute atomic E-state index is 0.408. The van der Waals surface area contributed by atoms with Gasteiger partial charge in [-0.25, -0.2) is 13.5 Å². The highest BCUT2D eigenvalue weighted by atomic mass is 19.1. The Morgan fingerprint density at radius 2 is 1.74 bits per heavy atom. The third kappa shape index (κ3) is 2.81. The largest absolute Gasteiger partial charge is 0.299 e. The Labute approximate surface area is 110 Å². The standard InChI is InChI=1S/C14H15F2N3/c15-12-5-13(16)7-14(6-12)19-10-11(8-17-19)9-18-3-1-2-4-18/h5-8,10H,1-4,9H2. The molecule has 1 fully saturated rings. The summed E-state index contributed by atoms with van der Waals surface area (Å²) in [6.45, 7) is 3.07. The molecule has 5 heteroatoms. The molecule has 1 aromatic heterocycles. The van der Waals surface area contributed by atoms with Crippen molar-refractivity contribution in [1.82, 2.24) is 14.7 Å². The average Bonchev–Trinajstić information content (AvgIpc) is 2.99. The summed E-state index contributed by atoms with van der Waals surface area (Å²) in [5.74, 6) is -1.18. The lowest BCUT2D eigenvalue weighted by Gasteiger charge is -2.12. The van der Waals surface area contributed by atoms with Crippen molar-refractivity contribution in [3.05, 3.63) is 47.8 Å². The predicted molar refractivity (Wildman–Crippen MR) is 68.0 cm³/mol.